The smallest absolute Gasteiger partial charge is 0.222 e. The lowest BCUT2D eigenvalue weighted by Crippen LogP contribution is -2.29. The fourth-order valence-electron chi connectivity index (χ4n) is 3.30. The van der Waals surface area contributed by atoms with Gasteiger partial charge in [0.05, 0.1) is 23.9 Å². The van der Waals surface area contributed by atoms with E-state index in [1.54, 1.807) is 10.7 Å². The quantitative estimate of drug-likeness (QED) is 0.384. The SMILES string of the molecule is Bc1ccc(N)c2nc(-c3nnc4c5c(cnn34)N(C)CCO5)ccc12. The van der Waals surface area contributed by atoms with Crippen molar-refractivity contribution >= 4 is 41.2 Å². The molecule has 9 heteroatoms. The first kappa shape index (κ1) is 14.9. The zero-order valence-electron chi connectivity index (χ0n) is 14.5. The summed E-state index contributed by atoms with van der Waals surface area (Å²) in [6.45, 7) is 1.42. The highest BCUT2D eigenvalue weighted by Crippen LogP contribution is 2.34. The van der Waals surface area contributed by atoms with Crippen molar-refractivity contribution in [3.05, 3.63) is 30.5 Å². The Labute approximate surface area is 150 Å². The summed E-state index contributed by atoms with van der Waals surface area (Å²) in [5, 5.41) is 14.1. The summed E-state index contributed by atoms with van der Waals surface area (Å²) >= 11 is 0. The van der Waals surface area contributed by atoms with Crippen LogP contribution in [0.15, 0.2) is 30.5 Å². The topological polar surface area (TPSA) is 94.5 Å². The summed E-state index contributed by atoms with van der Waals surface area (Å²) in [5.41, 5.74) is 10.8. The molecule has 4 heterocycles. The van der Waals surface area contributed by atoms with Crippen LogP contribution in [0.1, 0.15) is 0 Å². The molecule has 26 heavy (non-hydrogen) atoms. The van der Waals surface area contributed by atoms with Gasteiger partial charge in [-0.2, -0.15) is 9.61 Å². The van der Waals surface area contributed by atoms with Crippen molar-refractivity contribution in [1.29, 1.82) is 0 Å². The van der Waals surface area contributed by atoms with Crippen molar-refractivity contribution in [1.82, 2.24) is 24.8 Å². The largest absolute Gasteiger partial charge is 0.486 e. The van der Waals surface area contributed by atoms with Crippen molar-refractivity contribution < 1.29 is 4.74 Å². The van der Waals surface area contributed by atoms with E-state index < -0.39 is 0 Å². The van der Waals surface area contributed by atoms with E-state index >= 15 is 0 Å². The molecule has 3 aromatic heterocycles. The molecule has 0 bridgehead atoms. The van der Waals surface area contributed by atoms with Crippen LogP contribution in [0.5, 0.6) is 5.75 Å². The number of aromatic nitrogens is 5. The van der Waals surface area contributed by atoms with E-state index in [9.17, 15) is 0 Å². The summed E-state index contributed by atoms with van der Waals surface area (Å²) in [5.74, 6) is 1.26. The summed E-state index contributed by atoms with van der Waals surface area (Å²) in [7, 11) is 4.05. The zero-order chi connectivity index (χ0) is 17.8. The van der Waals surface area contributed by atoms with Gasteiger partial charge in [0.25, 0.3) is 0 Å². The lowest BCUT2D eigenvalue weighted by molar-refractivity contribution is 0.312. The maximum absolute atomic E-state index is 6.12. The highest BCUT2D eigenvalue weighted by atomic mass is 16.5. The second kappa shape index (κ2) is 5.32. The van der Waals surface area contributed by atoms with Crippen molar-refractivity contribution in [3.8, 4) is 17.3 Å². The van der Waals surface area contributed by atoms with Gasteiger partial charge >= 0.3 is 0 Å². The number of nitrogens with zero attached hydrogens (tertiary/aromatic N) is 6. The van der Waals surface area contributed by atoms with Crippen LogP contribution in [0, 0.1) is 0 Å². The van der Waals surface area contributed by atoms with Gasteiger partial charge in [-0.1, -0.05) is 17.6 Å². The van der Waals surface area contributed by atoms with Gasteiger partial charge in [0.2, 0.25) is 11.5 Å². The van der Waals surface area contributed by atoms with Gasteiger partial charge in [0, 0.05) is 7.05 Å². The standard InChI is InChI=1S/C17H16BN7O/c1-24-6-7-26-15-13(24)8-20-25-16(22-23-17(15)25)12-5-2-9-10(18)3-4-11(19)14(9)21-12/h2-5,8H,6-7,18-19H2,1H3. The van der Waals surface area contributed by atoms with Crippen molar-refractivity contribution in [2.24, 2.45) is 0 Å². The number of fused-ring (bicyclic) bond motifs is 4. The maximum Gasteiger partial charge on any atom is 0.222 e. The van der Waals surface area contributed by atoms with Crippen LogP contribution in [-0.4, -0.2) is 52.8 Å². The normalized spacial score (nSPS) is 13.8. The average Bonchev–Trinajstić information content (AvgIpc) is 3.09. The number of ether oxygens (including phenoxy) is 1. The molecule has 1 aliphatic rings. The van der Waals surface area contributed by atoms with Gasteiger partial charge in [-0.15, -0.1) is 10.2 Å². The Morgan fingerprint density at radius 2 is 2.08 bits per heavy atom. The monoisotopic (exact) mass is 345 g/mol. The molecule has 5 rings (SSSR count). The molecule has 4 aromatic rings. The van der Waals surface area contributed by atoms with Gasteiger partial charge in [-0.05, 0) is 17.5 Å². The molecule has 0 aliphatic carbocycles. The minimum absolute atomic E-state index is 0.558. The Kier molecular flexibility index (Phi) is 3.06. The van der Waals surface area contributed by atoms with E-state index in [0.29, 0.717) is 35.2 Å². The minimum Gasteiger partial charge on any atom is -0.486 e. The second-order valence-electron chi connectivity index (χ2n) is 6.45. The first-order valence-corrected chi connectivity index (χ1v) is 8.38. The van der Waals surface area contributed by atoms with Gasteiger partial charge in [0.1, 0.15) is 25.8 Å². The first-order valence-electron chi connectivity index (χ1n) is 8.38. The molecule has 0 fully saturated rings. The van der Waals surface area contributed by atoms with E-state index in [1.807, 2.05) is 39.2 Å². The number of nitrogens with two attached hydrogens (primary N) is 1. The fourth-order valence-corrected chi connectivity index (χ4v) is 3.30. The molecule has 1 aliphatic heterocycles. The summed E-state index contributed by atoms with van der Waals surface area (Å²) < 4.78 is 7.48. The molecular formula is C17H16BN7O. The van der Waals surface area contributed by atoms with Gasteiger partial charge in [-0.25, -0.2) is 4.98 Å². The molecule has 0 amide bonds. The molecule has 0 unspecified atom stereocenters. The van der Waals surface area contributed by atoms with Gasteiger partial charge in [0.15, 0.2) is 5.75 Å². The van der Waals surface area contributed by atoms with Crippen molar-refractivity contribution in [2.75, 3.05) is 30.8 Å². The predicted molar refractivity (Wildman–Crippen MR) is 103 cm³/mol. The number of anilines is 2. The number of rotatable bonds is 1. The zero-order valence-corrected chi connectivity index (χ0v) is 14.5. The van der Waals surface area contributed by atoms with E-state index in [2.05, 4.69) is 20.2 Å². The molecule has 2 N–H and O–H groups in total. The van der Waals surface area contributed by atoms with E-state index in [1.165, 1.54) is 0 Å². The van der Waals surface area contributed by atoms with E-state index in [0.717, 1.165) is 28.6 Å². The minimum atomic E-state index is 0.558. The second-order valence-corrected chi connectivity index (χ2v) is 6.45. The Bertz CT molecular complexity index is 1170. The Morgan fingerprint density at radius 3 is 2.96 bits per heavy atom. The summed E-state index contributed by atoms with van der Waals surface area (Å²) in [4.78, 5) is 6.81. The third kappa shape index (κ3) is 2.03. The van der Waals surface area contributed by atoms with Crippen LogP contribution >= 0.6 is 0 Å². The molecule has 0 atom stereocenters. The summed E-state index contributed by atoms with van der Waals surface area (Å²) in [6.07, 6.45) is 1.77. The number of hydrogen-bond acceptors (Lipinski definition) is 7. The summed E-state index contributed by atoms with van der Waals surface area (Å²) in [6, 6.07) is 7.79. The van der Waals surface area contributed by atoms with Crippen LogP contribution in [0.2, 0.25) is 0 Å². The number of hydrogen-bond donors (Lipinski definition) is 1. The van der Waals surface area contributed by atoms with Crippen LogP contribution in [-0.2, 0) is 0 Å². The maximum atomic E-state index is 6.12. The molecule has 0 spiro atoms. The Morgan fingerprint density at radius 1 is 1.19 bits per heavy atom. The third-order valence-corrected chi connectivity index (χ3v) is 4.79. The fraction of sp³-hybridized carbons (Fsp3) is 0.176. The lowest BCUT2D eigenvalue weighted by Gasteiger charge is -2.26. The molecule has 1 aromatic carbocycles. The molecule has 0 saturated carbocycles. The molecule has 0 radical (unpaired) electrons. The van der Waals surface area contributed by atoms with Crippen LogP contribution in [0.4, 0.5) is 11.4 Å². The van der Waals surface area contributed by atoms with Crippen molar-refractivity contribution in [3.63, 3.8) is 0 Å². The molecule has 8 nitrogen and oxygen atoms in total. The number of pyridine rings is 1. The number of nitrogen functional groups attached to an aromatic ring is 1. The van der Waals surface area contributed by atoms with E-state index in [4.69, 9.17) is 15.5 Å². The number of benzene rings is 1. The highest BCUT2D eigenvalue weighted by Gasteiger charge is 2.23. The van der Waals surface area contributed by atoms with Crippen molar-refractivity contribution in [2.45, 2.75) is 0 Å². The van der Waals surface area contributed by atoms with Gasteiger partial charge in [-0.3, -0.25) is 0 Å². The van der Waals surface area contributed by atoms with E-state index in [-0.39, 0.29) is 0 Å². The third-order valence-electron chi connectivity index (χ3n) is 4.79. The van der Waals surface area contributed by atoms with Gasteiger partial charge < -0.3 is 15.4 Å². The molecular weight excluding hydrogens is 329 g/mol. The van der Waals surface area contributed by atoms with Crippen LogP contribution in [0.3, 0.4) is 0 Å². The first-order chi connectivity index (χ1) is 12.6. The molecule has 128 valence electrons. The Hall–Kier alpha value is -3.36. The van der Waals surface area contributed by atoms with Crippen LogP contribution < -0.4 is 20.8 Å². The average molecular weight is 345 g/mol. The lowest BCUT2D eigenvalue weighted by atomic mass is 9.91. The molecule has 0 saturated heterocycles. The Balaban J connectivity index is 1.73. The number of likely N-dealkylation sites (N-methyl/N-ethyl adjacent to an activating group) is 1. The highest BCUT2D eigenvalue weighted by molar-refractivity contribution is 6.39. The van der Waals surface area contributed by atoms with Crippen LogP contribution in [0.25, 0.3) is 28.1 Å². The predicted octanol–water partition coefficient (Wildman–Crippen LogP) is 0.00870.